The summed E-state index contributed by atoms with van der Waals surface area (Å²) in [4.78, 5) is 12.2. The largest absolute Gasteiger partial charge is 0.519 e. The second-order valence-electron chi connectivity index (χ2n) is 7.80. The molecule has 25 heavy (non-hydrogen) atoms. The van der Waals surface area contributed by atoms with Gasteiger partial charge in [0.1, 0.15) is 11.5 Å². The normalized spacial score (nSPS) is 11.9. The van der Waals surface area contributed by atoms with E-state index in [2.05, 4.69) is 33.9 Å². The molecule has 0 spiro atoms. The summed E-state index contributed by atoms with van der Waals surface area (Å²) in [5.41, 5.74) is 1.07. The summed E-state index contributed by atoms with van der Waals surface area (Å²) in [5, 5.41) is 0.0338. The van der Waals surface area contributed by atoms with Gasteiger partial charge in [0.25, 0.3) is 14.3 Å². The molecule has 0 aliphatic carbocycles. The van der Waals surface area contributed by atoms with Crippen molar-refractivity contribution in [3.63, 3.8) is 0 Å². The second-order valence-corrected chi connectivity index (χ2v) is 12.5. The average molecular weight is 357 g/mol. The summed E-state index contributed by atoms with van der Waals surface area (Å²) in [6.07, 6.45) is 1.04. The van der Waals surface area contributed by atoms with Crippen LogP contribution in [0, 0.1) is 0 Å². The van der Waals surface area contributed by atoms with Crippen molar-refractivity contribution < 1.29 is 14.0 Å². The maximum Gasteiger partial charge on any atom is 0.292 e. The van der Waals surface area contributed by atoms with Crippen molar-refractivity contribution in [2.45, 2.75) is 51.7 Å². The van der Waals surface area contributed by atoms with Gasteiger partial charge in [-0.15, -0.1) is 0 Å². The van der Waals surface area contributed by atoms with E-state index in [0.29, 0.717) is 12.8 Å². The number of hydrogen-bond acceptors (Lipinski definition) is 3. The molecule has 134 valence electrons. The lowest BCUT2D eigenvalue weighted by Gasteiger charge is -2.35. The Kier molecular flexibility index (Phi) is 6.06. The van der Waals surface area contributed by atoms with Gasteiger partial charge in [-0.2, -0.15) is 0 Å². The lowest BCUT2D eigenvalue weighted by molar-refractivity contribution is -0.135. The van der Waals surface area contributed by atoms with E-state index < -0.39 is 8.32 Å². The molecule has 0 aliphatic rings. The van der Waals surface area contributed by atoms with Crippen LogP contribution in [-0.2, 0) is 15.6 Å². The van der Waals surface area contributed by atoms with Gasteiger partial charge in [-0.1, -0.05) is 51.1 Å². The predicted molar refractivity (Wildman–Crippen MR) is 105 cm³/mol. The molecule has 0 aliphatic heterocycles. The average Bonchev–Trinajstić information content (AvgIpc) is 2.53. The van der Waals surface area contributed by atoms with Crippen molar-refractivity contribution in [3.05, 3.63) is 60.2 Å². The zero-order valence-electron chi connectivity index (χ0n) is 15.8. The SMILES string of the molecule is CC(C)(C)[Si](C)(C)OC(=O)CCc1cccc(Oc2ccccc2)c1. The fourth-order valence-corrected chi connectivity index (χ4v) is 3.10. The summed E-state index contributed by atoms with van der Waals surface area (Å²) in [7, 11) is -2.04. The Bertz CT molecular complexity index is 703. The van der Waals surface area contributed by atoms with Crippen molar-refractivity contribution >= 4 is 14.3 Å². The van der Waals surface area contributed by atoms with Gasteiger partial charge in [-0.3, -0.25) is 4.79 Å². The standard InChI is InChI=1S/C21H28O3Si/c1-21(2,3)25(4,5)24-20(22)15-14-17-10-9-13-19(16-17)23-18-11-7-6-8-12-18/h6-13,16H,14-15H2,1-5H3. The van der Waals surface area contributed by atoms with E-state index in [4.69, 9.17) is 9.16 Å². The summed E-state index contributed by atoms with van der Waals surface area (Å²) >= 11 is 0. The highest BCUT2D eigenvalue weighted by atomic mass is 28.4. The first-order chi connectivity index (χ1) is 11.7. The van der Waals surface area contributed by atoms with Crippen LogP contribution in [-0.4, -0.2) is 14.3 Å². The predicted octanol–water partition coefficient (Wildman–Crippen LogP) is 5.96. The molecule has 0 unspecified atom stereocenters. The van der Waals surface area contributed by atoms with Crippen molar-refractivity contribution in [1.29, 1.82) is 0 Å². The molecule has 2 rings (SSSR count). The van der Waals surface area contributed by atoms with Gasteiger partial charge < -0.3 is 9.16 Å². The Hall–Kier alpha value is -2.07. The summed E-state index contributed by atoms with van der Waals surface area (Å²) in [5.74, 6) is 1.47. The van der Waals surface area contributed by atoms with Crippen LogP contribution in [0.3, 0.4) is 0 Å². The van der Waals surface area contributed by atoms with E-state index in [1.165, 1.54) is 0 Å². The molecule has 0 heterocycles. The van der Waals surface area contributed by atoms with Crippen molar-refractivity contribution in [1.82, 2.24) is 0 Å². The van der Waals surface area contributed by atoms with E-state index >= 15 is 0 Å². The molecule has 0 atom stereocenters. The first kappa shape index (κ1) is 19.3. The molecule has 0 fully saturated rings. The minimum atomic E-state index is -2.04. The number of rotatable bonds is 6. The fourth-order valence-electron chi connectivity index (χ4n) is 2.12. The van der Waals surface area contributed by atoms with Crippen LogP contribution in [0.1, 0.15) is 32.8 Å². The quantitative estimate of drug-likeness (QED) is 0.599. The van der Waals surface area contributed by atoms with E-state index in [1.54, 1.807) is 0 Å². The zero-order chi connectivity index (χ0) is 18.5. The van der Waals surface area contributed by atoms with Gasteiger partial charge >= 0.3 is 0 Å². The maximum absolute atomic E-state index is 12.2. The second kappa shape index (κ2) is 7.87. The zero-order valence-corrected chi connectivity index (χ0v) is 16.8. The molecular formula is C21H28O3Si. The van der Waals surface area contributed by atoms with Gasteiger partial charge in [-0.25, -0.2) is 0 Å². The molecule has 0 N–H and O–H groups in total. The van der Waals surface area contributed by atoms with Crippen LogP contribution in [0.4, 0.5) is 0 Å². The highest BCUT2D eigenvalue weighted by molar-refractivity contribution is 6.75. The lowest BCUT2D eigenvalue weighted by atomic mass is 10.1. The molecule has 0 bridgehead atoms. The highest BCUT2D eigenvalue weighted by Crippen LogP contribution is 2.36. The van der Waals surface area contributed by atoms with Crippen LogP contribution in [0.25, 0.3) is 0 Å². The third kappa shape index (κ3) is 5.75. The minimum Gasteiger partial charge on any atom is -0.519 e. The molecule has 0 aromatic heterocycles. The Balaban J connectivity index is 1.93. The molecule has 4 heteroatoms. The maximum atomic E-state index is 12.2. The van der Waals surface area contributed by atoms with Gasteiger partial charge in [0, 0.05) is 6.42 Å². The number of benzene rings is 2. The van der Waals surface area contributed by atoms with Crippen LogP contribution in [0.5, 0.6) is 11.5 Å². The number of hydrogen-bond donors (Lipinski definition) is 0. The Morgan fingerprint density at radius 3 is 2.24 bits per heavy atom. The molecular weight excluding hydrogens is 328 g/mol. The monoisotopic (exact) mass is 356 g/mol. The highest BCUT2D eigenvalue weighted by Gasteiger charge is 2.40. The van der Waals surface area contributed by atoms with Crippen molar-refractivity contribution in [2.24, 2.45) is 0 Å². The van der Waals surface area contributed by atoms with E-state index in [1.807, 2.05) is 54.6 Å². The van der Waals surface area contributed by atoms with Gasteiger partial charge in [0.2, 0.25) is 0 Å². The topological polar surface area (TPSA) is 35.5 Å². The van der Waals surface area contributed by atoms with Gasteiger partial charge in [-0.05, 0) is 54.4 Å². The van der Waals surface area contributed by atoms with Crippen LogP contribution >= 0.6 is 0 Å². The molecule has 0 saturated carbocycles. The van der Waals surface area contributed by atoms with Crippen molar-refractivity contribution in [2.75, 3.05) is 0 Å². The molecule has 0 amide bonds. The summed E-state index contributed by atoms with van der Waals surface area (Å²) < 4.78 is 11.7. The first-order valence-electron chi connectivity index (χ1n) is 8.71. The summed E-state index contributed by atoms with van der Waals surface area (Å²) in [6.45, 7) is 10.6. The number of ether oxygens (including phenoxy) is 1. The number of carbonyl (C=O) groups is 1. The number of para-hydroxylation sites is 1. The number of carbonyl (C=O) groups excluding carboxylic acids is 1. The van der Waals surface area contributed by atoms with Crippen LogP contribution in [0.2, 0.25) is 18.1 Å². The number of aryl methyl sites for hydroxylation is 1. The Labute approximate surface area is 152 Å². The first-order valence-corrected chi connectivity index (χ1v) is 11.6. The fraction of sp³-hybridized carbons (Fsp3) is 0.381. The van der Waals surface area contributed by atoms with Gasteiger partial charge in [0.15, 0.2) is 0 Å². The van der Waals surface area contributed by atoms with Crippen LogP contribution in [0.15, 0.2) is 54.6 Å². The Morgan fingerprint density at radius 1 is 0.960 bits per heavy atom. The molecule has 2 aromatic rings. The lowest BCUT2D eigenvalue weighted by Crippen LogP contribution is -2.42. The molecule has 2 aromatic carbocycles. The summed E-state index contributed by atoms with van der Waals surface area (Å²) in [6, 6.07) is 17.5. The van der Waals surface area contributed by atoms with Crippen LogP contribution < -0.4 is 4.74 Å². The van der Waals surface area contributed by atoms with E-state index in [-0.39, 0.29) is 11.0 Å². The molecule has 0 saturated heterocycles. The van der Waals surface area contributed by atoms with E-state index in [0.717, 1.165) is 17.1 Å². The third-order valence-electron chi connectivity index (χ3n) is 4.67. The van der Waals surface area contributed by atoms with E-state index in [9.17, 15) is 4.79 Å². The molecule has 0 radical (unpaired) electrons. The van der Waals surface area contributed by atoms with Crippen molar-refractivity contribution in [3.8, 4) is 11.5 Å². The third-order valence-corrected chi connectivity index (χ3v) is 9.02. The smallest absolute Gasteiger partial charge is 0.292 e. The van der Waals surface area contributed by atoms with Gasteiger partial charge in [0.05, 0.1) is 0 Å². The minimum absolute atomic E-state index is 0.0338. The Morgan fingerprint density at radius 2 is 1.60 bits per heavy atom. The molecule has 3 nitrogen and oxygen atoms in total.